The van der Waals surface area contributed by atoms with Crippen LogP contribution >= 0.6 is 0 Å². The van der Waals surface area contributed by atoms with Gasteiger partial charge in [-0.3, -0.25) is 4.79 Å². The van der Waals surface area contributed by atoms with Gasteiger partial charge in [0.2, 0.25) is 5.91 Å². The molecule has 0 spiro atoms. The molecule has 0 bridgehead atoms. The van der Waals surface area contributed by atoms with Crippen LogP contribution < -0.4 is 0 Å². The van der Waals surface area contributed by atoms with Gasteiger partial charge in [-0.25, -0.2) is 0 Å². The van der Waals surface area contributed by atoms with Crippen molar-refractivity contribution in [3.05, 3.63) is 24.0 Å². The van der Waals surface area contributed by atoms with E-state index in [2.05, 4.69) is 17.6 Å². The van der Waals surface area contributed by atoms with E-state index in [1.54, 1.807) is 0 Å². The quantitative estimate of drug-likeness (QED) is 0.787. The second kappa shape index (κ2) is 5.39. The summed E-state index contributed by atoms with van der Waals surface area (Å²) >= 11 is 0. The highest BCUT2D eigenvalue weighted by molar-refractivity contribution is 5.76. The van der Waals surface area contributed by atoms with E-state index in [4.69, 9.17) is 0 Å². The van der Waals surface area contributed by atoms with Crippen LogP contribution in [0.5, 0.6) is 0 Å². The third-order valence-corrected chi connectivity index (χ3v) is 3.66. The van der Waals surface area contributed by atoms with Gasteiger partial charge in [-0.15, -0.1) is 0 Å². The highest BCUT2D eigenvalue weighted by atomic mass is 16.2. The van der Waals surface area contributed by atoms with Crippen molar-refractivity contribution in [1.29, 1.82) is 0 Å². The first kappa shape index (κ1) is 12.2. The predicted octanol–water partition coefficient (Wildman–Crippen LogP) is 2.22. The number of amides is 1. The van der Waals surface area contributed by atoms with Crippen molar-refractivity contribution in [2.45, 2.75) is 32.6 Å². The largest absolute Gasteiger partial charge is 0.354 e. The molecule has 94 valence electrons. The molecule has 0 saturated carbocycles. The Bertz CT molecular complexity index is 383. The molecule has 0 radical (unpaired) electrons. The number of likely N-dealkylation sites (tertiary alicyclic amines) is 1. The third-order valence-electron chi connectivity index (χ3n) is 3.66. The van der Waals surface area contributed by atoms with Crippen LogP contribution in [0, 0.1) is 5.92 Å². The van der Waals surface area contributed by atoms with Crippen molar-refractivity contribution in [3.63, 3.8) is 0 Å². The Morgan fingerprint density at radius 2 is 2.35 bits per heavy atom. The van der Waals surface area contributed by atoms with E-state index in [0.29, 0.717) is 18.2 Å². The van der Waals surface area contributed by atoms with Crippen LogP contribution in [0.1, 0.15) is 31.9 Å². The number of hydrogen-bond donors (Lipinski definition) is 0. The summed E-state index contributed by atoms with van der Waals surface area (Å²) in [4.78, 5) is 14.1. The average Bonchev–Trinajstić information content (AvgIpc) is 2.72. The summed E-state index contributed by atoms with van der Waals surface area (Å²) in [5.74, 6) is 0.987. The maximum Gasteiger partial charge on any atom is 0.222 e. The molecule has 1 unspecified atom stereocenters. The van der Waals surface area contributed by atoms with Crippen LogP contribution in [0.25, 0.3) is 0 Å². The Kier molecular flexibility index (Phi) is 3.87. The summed E-state index contributed by atoms with van der Waals surface area (Å²) in [6.45, 7) is 4.14. The molecular weight excluding hydrogens is 212 g/mol. The molecule has 1 amide bonds. The van der Waals surface area contributed by atoms with Crippen LogP contribution in [0.2, 0.25) is 0 Å². The topological polar surface area (TPSA) is 25.2 Å². The van der Waals surface area contributed by atoms with Crippen LogP contribution in [0.3, 0.4) is 0 Å². The van der Waals surface area contributed by atoms with Gasteiger partial charge in [0.15, 0.2) is 0 Å². The van der Waals surface area contributed by atoms with E-state index < -0.39 is 0 Å². The number of carbonyl (C=O) groups is 1. The first-order chi connectivity index (χ1) is 8.16. The van der Waals surface area contributed by atoms with Gasteiger partial charge in [-0.1, -0.05) is 6.92 Å². The van der Waals surface area contributed by atoms with Gasteiger partial charge in [0, 0.05) is 38.4 Å². The summed E-state index contributed by atoms with van der Waals surface area (Å²) in [5, 5.41) is 0. The molecule has 1 fully saturated rings. The molecule has 1 aromatic rings. The molecule has 1 saturated heterocycles. The maximum absolute atomic E-state index is 12.1. The second-order valence-electron chi connectivity index (χ2n) is 5.20. The SMILES string of the molecule is CC1CCCN(C(=O)CCc2cccn2C)C1. The average molecular weight is 234 g/mol. The molecule has 3 nitrogen and oxygen atoms in total. The molecule has 0 aromatic carbocycles. The van der Waals surface area contributed by atoms with Crippen molar-refractivity contribution in [2.75, 3.05) is 13.1 Å². The summed E-state index contributed by atoms with van der Waals surface area (Å²) < 4.78 is 2.09. The van der Waals surface area contributed by atoms with Crippen molar-refractivity contribution >= 4 is 5.91 Å². The molecule has 1 aliphatic heterocycles. The molecule has 2 heterocycles. The summed E-state index contributed by atoms with van der Waals surface area (Å²) in [7, 11) is 2.03. The van der Waals surface area contributed by atoms with Crippen molar-refractivity contribution in [3.8, 4) is 0 Å². The first-order valence-electron chi connectivity index (χ1n) is 6.55. The van der Waals surface area contributed by atoms with Crippen LogP contribution in [-0.4, -0.2) is 28.5 Å². The molecule has 17 heavy (non-hydrogen) atoms. The van der Waals surface area contributed by atoms with Gasteiger partial charge >= 0.3 is 0 Å². The Morgan fingerprint density at radius 1 is 1.53 bits per heavy atom. The number of carbonyl (C=O) groups excluding carboxylic acids is 1. The van der Waals surface area contributed by atoms with E-state index >= 15 is 0 Å². The van der Waals surface area contributed by atoms with E-state index in [-0.39, 0.29) is 0 Å². The summed E-state index contributed by atoms with van der Waals surface area (Å²) in [5.41, 5.74) is 1.24. The van der Waals surface area contributed by atoms with Crippen LogP contribution in [0.4, 0.5) is 0 Å². The van der Waals surface area contributed by atoms with Crippen molar-refractivity contribution in [2.24, 2.45) is 13.0 Å². The van der Waals surface area contributed by atoms with Gasteiger partial charge in [0.05, 0.1) is 0 Å². The molecule has 2 rings (SSSR count). The van der Waals surface area contributed by atoms with Gasteiger partial charge in [0.25, 0.3) is 0 Å². The second-order valence-corrected chi connectivity index (χ2v) is 5.20. The standard InChI is InChI=1S/C14H22N2O/c1-12-5-3-10-16(11-12)14(17)8-7-13-6-4-9-15(13)2/h4,6,9,12H,3,5,7-8,10-11H2,1-2H3. The minimum Gasteiger partial charge on any atom is -0.354 e. The number of aromatic nitrogens is 1. The number of nitrogens with zero attached hydrogens (tertiary/aromatic N) is 2. The number of hydrogen-bond acceptors (Lipinski definition) is 1. The van der Waals surface area contributed by atoms with Gasteiger partial charge in [-0.05, 0) is 37.3 Å². The Labute approximate surface area is 103 Å². The van der Waals surface area contributed by atoms with Gasteiger partial charge in [0.1, 0.15) is 0 Å². The van der Waals surface area contributed by atoms with E-state index in [0.717, 1.165) is 25.9 Å². The zero-order valence-electron chi connectivity index (χ0n) is 10.9. The number of piperidine rings is 1. The zero-order valence-corrected chi connectivity index (χ0v) is 10.9. The first-order valence-corrected chi connectivity index (χ1v) is 6.55. The molecular formula is C14H22N2O. The fourth-order valence-corrected chi connectivity index (χ4v) is 2.57. The molecule has 1 aliphatic rings. The predicted molar refractivity (Wildman–Crippen MR) is 68.7 cm³/mol. The molecule has 1 atom stereocenters. The molecule has 1 aromatic heterocycles. The molecule has 0 aliphatic carbocycles. The summed E-state index contributed by atoms with van der Waals surface area (Å²) in [6.07, 6.45) is 5.96. The highest BCUT2D eigenvalue weighted by Crippen LogP contribution is 2.16. The summed E-state index contributed by atoms with van der Waals surface area (Å²) in [6, 6.07) is 4.12. The zero-order chi connectivity index (χ0) is 12.3. The normalized spacial score (nSPS) is 20.6. The van der Waals surface area contributed by atoms with Crippen molar-refractivity contribution in [1.82, 2.24) is 9.47 Å². The maximum atomic E-state index is 12.1. The highest BCUT2D eigenvalue weighted by Gasteiger charge is 2.20. The van der Waals surface area contributed by atoms with E-state index in [1.165, 1.54) is 12.1 Å². The third kappa shape index (κ3) is 3.11. The van der Waals surface area contributed by atoms with Gasteiger partial charge < -0.3 is 9.47 Å². The lowest BCUT2D eigenvalue weighted by atomic mass is 10.00. The number of aryl methyl sites for hydroxylation is 2. The fraction of sp³-hybridized carbons (Fsp3) is 0.643. The van der Waals surface area contributed by atoms with E-state index in [1.807, 2.05) is 24.2 Å². The lowest BCUT2D eigenvalue weighted by molar-refractivity contribution is -0.132. The molecule has 0 N–H and O–H groups in total. The number of rotatable bonds is 3. The monoisotopic (exact) mass is 234 g/mol. The fourth-order valence-electron chi connectivity index (χ4n) is 2.57. The van der Waals surface area contributed by atoms with Gasteiger partial charge in [-0.2, -0.15) is 0 Å². The smallest absolute Gasteiger partial charge is 0.222 e. The molecule has 3 heteroatoms. The Morgan fingerprint density at radius 3 is 3.00 bits per heavy atom. The lowest BCUT2D eigenvalue weighted by Gasteiger charge is -2.31. The Balaban J connectivity index is 1.83. The van der Waals surface area contributed by atoms with E-state index in [9.17, 15) is 4.79 Å². The minimum atomic E-state index is 0.317. The lowest BCUT2D eigenvalue weighted by Crippen LogP contribution is -2.39. The van der Waals surface area contributed by atoms with Crippen LogP contribution in [-0.2, 0) is 18.3 Å². The minimum absolute atomic E-state index is 0.317. The van der Waals surface area contributed by atoms with Crippen LogP contribution in [0.15, 0.2) is 18.3 Å². The van der Waals surface area contributed by atoms with Crippen molar-refractivity contribution < 1.29 is 4.79 Å². The Hall–Kier alpha value is -1.25.